The average Bonchev–Trinajstić information content (AvgIpc) is 2.38. The summed E-state index contributed by atoms with van der Waals surface area (Å²) >= 11 is 0. The highest BCUT2D eigenvalue weighted by molar-refractivity contribution is 5.67. The van der Waals surface area contributed by atoms with Gasteiger partial charge in [0.15, 0.2) is 0 Å². The molecule has 2 N–H and O–H groups in total. The molecule has 2 rings (SSSR count). The second-order valence-corrected chi connectivity index (χ2v) is 3.89. The Bertz CT molecular complexity index is 579. The van der Waals surface area contributed by atoms with Crippen molar-refractivity contribution in [3.63, 3.8) is 0 Å². The van der Waals surface area contributed by atoms with Crippen molar-refractivity contribution in [1.82, 2.24) is 4.98 Å². The van der Waals surface area contributed by atoms with Gasteiger partial charge in [0.05, 0.1) is 12.7 Å². The first kappa shape index (κ1) is 13.2. The highest BCUT2D eigenvalue weighted by atomic mass is 19.4. The number of nitrogens with two attached hydrogens (primary N) is 1. The van der Waals surface area contributed by atoms with Crippen LogP contribution in [0.1, 0.15) is 5.56 Å². The second kappa shape index (κ2) is 4.79. The van der Waals surface area contributed by atoms with E-state index in [1.54, 1.807) is 12.1 Å². The SMILES string of the molecule is COc1ccc(-c2ccc(N)c(C(F)(F)F)c2)cn1. The summed E-state index contributed by atoms with van der Waals surface area (Å²) in [5, 5.41) is 0. The number of halogens is 3. The van der Waals surface area contributed by atoms with Crippen molar-refractivity contribution >= 4 is 5.69 Å². The van der Waals surface area contributed by atoms with E-state index in [0.717, 1.165) is 6.07 Å². The molecule has 0 aliphatic heterocycles. The summed E-state index contributed by atoms with van der Waals surface area (Å²) in [5.41, 5.74) is 5.16. The van der Waals surface area contributed by atoms with Gasteiger partial charge in [-0.05, 0) is 23.8 Å². The smallest absolute Gasteiger partial charge is 0.418 e. The lowest BCUT2D eigenvalue weighted by Gasteiger charge is -2.12. The van der Waals surface area contributed by atoms with Gasteiger partial charge in [0.1, 0.15) is 0 Å². The van der Waals surface area contributed by atoms with Crippen LogP contribution in [0.4, 0.5) is 18.9 Å². The van der Waals surface area contributed by atoms with E-state index in [4.69, 9.17) is 10.5 Å². The molecule has 0 amide bonds. The lowest BCUT2D eigenvalue weighted by Crippen LogP contribution is -2.08. The Morgan fingerprint density at radius 3 is 2.32 bits per heavy atom. The maximum Gasteiger partial charge on any atom is 0.418 e. The van der Waals surface area contributed by atoms with Gasteiger partial charge in [0, 0.05) is 23.5 Å². The van der Waals surface area contributed by atoms with E-state index >= 15 is 0 Å². The molecule has 0 saturated carbocycles. The van der Waals surface area contributed by atoms with E-state index in [2.05, 4.69) is 4.98 Å². The normalized spacial score (nSPS) is 11.4. The van der Waals surface area contributed by atoms with Gasteiger partial charge in [0.25, 0.3) is 0 Å². The summed E-state index contributed by atoms with van der Waals surface area (Å²) in [6.45, 7) is 0. The fourth-order valence-corrected chi connectivity index (χ4v) is 1.65. The number of alkyl halides is 3. The van der Waals surface area contributed by atoms with Crippen LogP contribution in [0.5, 0.6) is 5.88 Å². The Morgan fingerprint density at radius 2 is 1.79 bits per heavy atom. The van der Waals surface area contributed by atoms with Crippen molar-refractivity contribution in [2.45, 2.75) is 6.18 Å². The fourth-order valence-electron chi connectivity index (χ4n) is 1.65. The van der Waals surface area contributed by atoms with E-state index in [0.29, 0.717) is 17.0 Å². The molecule has 0 fully saturated rings. The summed E-state index contributed by atoms with van der Waals surface area (Å²) < 4.78 is 43.1. The van der Waals surface area contributed by atoms with Crippen LogP contribution in [0.3, 0.4) is 0 Å². The van der Waals surface area contributed by atoms with Crippen LogP contribution in [0.2, 0.25) is 0 Å². The zero-order valence-electron chi connectivity index (χ0n) is 10.0. The number of hydrogen-bond donors (Lipinski definition) is 1. The molecule has 1 aromatic carbocycles. The fraction of sp³-hybridized carbons (Fsp3) is 0.154. The summed E-state index contributed by atoms with van der Waals surface area (Å²) in [7, 11) is 1.47. The minimum Gasteiger partial charge on any atom is -0.481 e. The van der Waals surface area contributed by atoms with Gasteiger partial charge < -0.3 is 10.5 Å². The van der Waals surface area contributed by atoms with Crippen LogP contribution < -0.4 is 10.5 Å². The molecule has 1 heterocycles. The monoisotopic (exact) mass is 268 g/mol. The standard InChI is InChI=1S/C13H11F3N2O/c1-19-12-5-3-9(7-18-12)8-2-4-11(17)10(6-8)13(14,15)16/h2-7H,17H2,1H3. The summed E-state index contributed by atoms with van der Waals surface area (Å²) in [4.78, 5) is 3.95. The molecule has 0 saturated heterocycles. The maximum absolute atomic E-state index is 12.7. The minimum atomic E-state index is -4.47. The van der Waals surface area contributed by atoms with Crippen LogP contribution in [0, 0.1) is 0 Å². The highest BCUT2D eigenvalue weighted by Crippen LogP contribution is 2.36. The number of rotatable bonds is 2. The van der Waals surface area contributed by atoms with Crippen LogP contribution in [0.25, 0.3) is 11.1 Å². The lowest BCUT2D eigenvalue weighted by molar-refractivity contribution is -0.136. The van der Waals surface area contributed by atoms with E-state index in [-0.39, 0.29) is 5.69 Å². The number of anilines is 1. The number of methoxy groups -OCH3 is 1. The lowest BCUT2D eigenvalue weighted by atomic mass is 10.0. The molecule has 19 heavy (non-hydrogen) atoms. The molecule has 0 atom stereocenters. The number of pyridine rings is 1. The van der Waals surface area contributed by atoms with Crippen molar-refractivity contribution in [1.29, 1.82) is 0 Å². The number of nitrogens with zero attached hydrogens (tertiary/aromatic N) is 1. The van der Waals surface area contributed by atoms with Gasteiger partial charge >= 0.3 is 6.18 Å². The third-order valence-corrected chi connectivity index (χ3v) is 2.64. The van der Waals surface area contributed by atoms with Crippen molar-refractivity contribution in [2.75, 3.05) is 12.8 Å². The molecule has 2 aromatic rings. The zero-order chi connectivity index (χ0) is 14.0. The Hall–Kier alpha value is -2.24. The Labute approximate surface area is 107 Å². The van der Waals surface area contributed by atoms with Crippen LogP contribution in [-0.2, 0) is 6.18 Å². The van der Waals surface area contributed by atoms with E-state index < -0.39 is 11.7 Å². The van der Waals surface area contributed by atoms with E-state index in [1.165, 1.54) is 25.4 Å². The quantitative estimate of drug-likeness (QED) is 0.849. The van der Waals surface area contributed by atoms with Crippen molar-refractivity contribution in [3.05, 3.63) is 42.1 Å². The first-order valence-corrected chi connectivity index (χ1v) is 5.39. The number of ether oxygens (including phenoxy) is 1. The molecule has 0 bridgehead atoms. The van der Waals surface area contributed by atoms with Gasteiger partial charge in [0.2, 0.25) is 5.88 Å². The predicted molar refractivity (Wildman–Crippen MR) is 65.6 cm³/mol. The largest absolute Gasteiger partial charge is 0.481 e. The number of benzene rings is 1. The van der Waals surface area contributed by atoms with Crippen molar-refractivity contribution in [3.8, 4) is 17.0 Å². The zero-order valence-corrected chi connectivity index (χ0v) is 10.0. The van der Waals surface area contributed by atoms with Crippen LogP contribution >= 0.6 is 0 Å². The van der Waals surface area contributed by atoms with E-state index in [1.807, 2.05) is 0 Å². The Morgan fingerprint density at radius 1 is 1.11 bits per heavy atom. The van der Waals surface area contributed by atoms with Gasteiger partial charge in [-0.2, -0.15) is 13.2 Å². The average molecular weight is 268 g/mol. The molecule has 0 aliphatic rings. The molecule has 0 unspecified atom stereocenters. The van der Waals surface area contributed by atoms with Crippen molar-refractivity contribution < 1.29 is 17.9 Å². The molecule has 6 heteroatoms. The van der Waals surface area contributed by atoms with Gasteiger partial charge in [-0.15, -0.1) is 0 Å². The predicted octanol–water partition coefficient (Wildman–Crippen LogP) is 3.36. The molecule has 0 aliphatic carbocycles. The van der Waals surface area contributed by atoms with Gasteiger partial charge in [-0.1, -0.05) is 6.07 Å². The first-order valence-electron chi connectivity index (χ1n) is 5.39. The number of aromatic nitrogens is 1. The third-order valence-electron chi connectivity index (χ3n) is 2.64. The summed E-state index contributed by atoms with van der Waals surface area (Å²) in [5.74, 6) is 0.398. The molecule has 3 nitrogen and oxygen atoms in total. The molecule has 100 valence electrons. The Balaban J connectivity index is 2.45. The highest BCUT2D eigenvalue weighted by Gasteiger charge is 2.33. The topological polar surface area (TPSA) is 48.1 Å². The molecular formula is C13H11F3N2O. The summed E-state index contributed by atoms with van der Waals surface area (Å²) in [6.07, 6.45) is -3.02. The Kier molecular flexibility index (Phi) is 3.33. The van der Waals surface area contributed by atoms with Crippen LogP contribution in [0.15, 0.2) is 36.5 Å². The van der Waals surface area contributed by atoms with Crippen molar-refractivity contribution in [2.24, 2.45) is 0 Å². The summed E-state index contributed by atoms with van der Waals surface area (Å²) in [6, 6.07) is 6.99. The molecule has 1 aromatic heterocycles. The van der Waals surface area contributed by atoms with Gasteiger partial charge in [-0.25, -0.2) is 4.98 Å². The molecule has 0 radical (unpaired) electrons. The maximum atomic E-state index is 12.7. The van der Waals surface area contributed by atoms with Crippen LogP contribution in [-0.4, -0.2) is 12.1 Å². The second-order valence-electron chi connectivity index (χ2n) is 3.89. The van der Waals surface area contributed by atoms with E-state index in [9.17, 15) is 13.2 Å². The first-order chi connectivity index (χ1) is 8.91. The molecular weight excluding hydrogens is 257 g/mol. The number of nitrogen functional groups attached to an aromatic ring is 1. The minimum absolute atomic E-state index is 0.294. The third kappa shape index (κ3) is 2.78. The van der Waals surface area contributed by atoms with Gasteiger partial charge in [-0.3, -0.25) is 0 Å². The molecule has 0 spiro atoms. The number of hydrogen-bond acceptors (Lipinski definition) is 3.